The molecule has 5 saturated heterocycles. The monoisotopic (exact) mass is 854 g/mol. The van der Waals surface area contributed by atoms with Crippen molar-refractivity contribution in [1.82, 2.24) is 9.80 Å². The first-order valence-electron chi connectivity index (χ1n) is 21.2. The summed E-state index contributed by atoms with van der Waals surface area (Å²) in [4.78, 5) is 62.4. The number of methoxy groups -OCH3 is 2. The molecule has 5 fully saturated rings. The molecule has 0 amide bonds. The van der Waals surface area contributed by atoms with Gasteiger partial charge in [-0.1, -0.05) is 26.8 Å². The molecular formula is C43H70N2O15. The molecule has 5 heterocycles. The van der Waals surface area contributed by atoms with Crippen molar-refractivity contribution in [2.75, 3.05) is 41.4 Å². The van der Waals surface area contributed by atoms with E-state index in [-0.39, 0.29) is 25.2 Å². The fourth-order valence-corrected chi connectivity index (χ4v) is 10.8. The van der Waals surface area contributed by atoms with Crippen molar-refractivity contribution in [2.24, 2.45) is 23.2 Å². The Labute approximate surface area is 354 Å². The Morgan fingerprint density at radius 2 is 1.57 bits per heavy atom. The highest BCUT2D eigenvalue weighted by molar-refractivity contribution is 6.01. The minimum absolute atomic E-state index is 0.0927. The van der Waals surface area contributed by atoms with Gasteiger partial charge in [0, 0.05) is 50.6 Å². The van der Waals surface area contributed by atoms with Gasteiger partial charge in [0.05, 0.1) is 17.8 Å². The van der Waals surface area contributed by atoms with Crippen molar-refractivity contribution in [3.63, 3.8) is 0 Å². The Morgan fingerprint density at radius 1 is 0.917 bits per heavy atom. The van der Waals surface area contributed by atoms with Crippen molar-refractivity contribution in [2.45, 2.75) is 172 Å². The standard InChI is InChI=1S/C43H70N2O15/c1-15-17-45-20-40(7)31-27(45)37(52)60-42(31,9)26(16-2)57-36(51)23(5)28(46)30(58-39-34(50)43(10,54-14)33(49)24(6)56-39)35(41(8,53-13)19-21(3)32(40)48)59-38-29(47)25(44(11)12)18-22(4)55-38/h15,21-27,29-31,33-35,38-39,47,49-50H,1,16-20H2,2-14H3/t21-,22-,23-,24-,25+,26-,27?,29-,30+,31?,33-,34+,35-,38+,39?,40?,41+,42-,43?/m1/s1. The van der Waals surface area contributed by atoms with Gasteiger partial charge < -0.3 is 58.1 Å². The first-order chi connectivity index (χ1) is 27.9. The second-order valence-corrected chi connectivity index (χ2v) is 18.8. The van der Waals surface area contributed by atoms with E-state index in [4.69, 9.17) is 37.9 Å². The number of rotatable bonds is 10. The molecule has 60 heavy (non-hydrogen) atoms. The van der Waals surface area contributed by atoms with Gasteiger partial charge >= 0.3 is 11.9 Å². The van der Waals surface area contributed by atoms with Crippen LogP contribution in [0.1, 0.15) is 81.6 Å². The van der Waals surface area contributed by atoms with Crippen LogP contribution in [0.15, 0.2) is 12.7 Å². The number of cyclic esters (lactones) is 1. The molecule has 5 rings (SSSR count). The van der Waals surface area contributed by atoms with Crippen LogP contribution in [-0.4, -0.2) is 180 Å². The summed E-state index contributed by atoms with van der Waals surface area (Å²) in [7, 11) is 6.32. The van der Waals surface area contributed by atoms with Crippen LogP contribution >= 0.6 is 0 Å². The summed E-state index contributed by atoms with van der Waals surface area (Å²) >= 11 is 0. The Bertz CT molecular complexity index is 1610. The Hall–Kier alpha value is -2.42. The zero-order valence-corrected chi connectivity index (χ0v) is 37.6. The van der Waals surface area contributed by atoms with Gasteiger partial charge in [-0.25, -0.2) is 0 Å². The minimum Gasteiger partial charge on any atom is -0.458 e. The number of ketones is 2. The van der Waals surface area contributed by atoms with Crippen LogP contribution in [0.4, 0.5) is 0 Å². The summed E-state index contributed by atoms with van der Waals surface area (Å²) in [5, 5.41) is 34.5. The van der Waals surface area contributed by atoms with E-state index in [9.17, 15) is 24.9 Å². The van der Waals surface area contributed by atoms with Gasteiger partial charge in [-0.2, -0.15) is 0 Å². The van der Waals surface area contributed by atoms with E-state index in [1.165, 1.54) is 28.1 Å². The number of aliphatic hydroxyl groups is 3. The molecule has 5 aliphatic heterocycles. The Morgan fingerprint density at radius 3 is 2.13 bits per heavy atom. The van der Waals surface area contributed by atoms with Gasteiger partial charge in [-0.15, -0.1) is 6.58 Å². The first kappa shape index (κ1) is 48.6. The number of likely N-dealkylation sites (tertiary alicyclic amines) is 1. The van der Waals surface area contributed by atoms with Crippen LogP contribution in [-0.2, 0) is 57.1 Å². The second kappa shape index (κ2) is 18.0. The van der Waals surface area contributed by atoms with Crippen molar-refractivity contribution < 1.29 is 72.4 Å². The number of ether oxygens (including phenoxy) is 8. The van der Waals surface area contributed by atoms with Gasteiger partial charge in [0.25, 0.3) is 0 Å². The van der Waals surface area contributed by atoms with E-state index in [2.05, 4.69) is 6.58 Å². The van der Waals surface area contributed by atoms with Gasteiger partial charge in [0.15, 0.2) is 24.0 Å². The predicted molar refractivity (Wildman–Crippen MR) is 214 cm³/mol. The lowest BCUT2D eigenvalue weighted by atomic mass is 9.62. The van der Waals surface area contributed by atoms with Crippen molar-refractivity contribution in [3.05, 3.63) is 12.7 Å². The number of carbonyl (C=O) groups excluding carboxylic acids is 4. The van der Waals surface area contributed by atoms with E-state index in [1.54, 1.807) is 40.7 Å². The summed E-state index contributed by atoms with van der Waals surface area (Å²) in [6.07, 6.45) is -10.9. The van der Waals surface area contributed by atoms with Gasteiger partial charge in [-0.3, -0.25) is 24.1 Å². The number of hydrogen-bond acceptors (Lipinski definition) is 17. The van der Waals surface area contributed by atoms with E-state index in [0.29, 0.717) is 13.0 Å². The van der Waals surface area contributed by atoms with Crippen LogP contribution < -0.4 is 0 Å². The average Bonchev–Trinajstić information content (AvgIpc) is 3.67. The van der Waals surface area contributed by atoms with Gasteiger partial charge in [0.2, 0.25) is 0 Å². The van der Waals surface area contributed by atoms with E-state index < -0.39 is 131 Å². The molecule has 0 aromatic rings. The molecule has 17 heteroatoms. The highest BCUT2D eigenvalue weighted by atomic mass is 16.7. The number of aliphatic hydroxyl groups excluding tert-OH is 3. The van der Waals surface area contributed by atoms with Crippen molar-refractivity contribution >= 4 is 23.5 Å². The number of nitrogens with zero attached hydrogens (tertiary/aromatic N) is 2. The van der Waals surface area contributed by atoms with Crippen molar-refractivity contribution in [1.29, 1.82) is 0 Å². The lowest BCUT2D eigenvalue weighted by Gasteiger charge is -2.50. The average molecular weight is 855 g/mol. The Kier molecular flexibility index (Phi) is 14.6. The summed E-state index contributed by atoms with van der Waals surface area (Å²) in [6.45, 7) is 19.2. The first-order valence-corrected chi connectivity index (χ1v) is 21.2. The summed E-state index contributed by atoms with van der Waals surface area (Å²) in [5.41, 5.74) is -5.97. The van der Waals surface area contributed by atoms with Crippen molar-refractivity contribution in [3.8, 4) is 0 Å². The maximum absolute atomic E-state index is 15.3. The highest BCUT2D eigenvalue weighted by Crippen LogP contribution is 2.56. The fraction of sp³-hybridized carbons (Fsp3) is 0.860. The predicted octanol–water partition coefficient (Wildman–Crippen LogP) is 1.40. The highest BCUT2D eigenvalue weighted by Gasteiger charge is 2.71. The van der Waals surface area contributed by atoms with Crippen LogP contribution in [0.25, 0.3) is 0 Å². The zero-order valence-electron chi connectivity index (χ0n) is 37.6. The molecule has 342 valence electrons. The maximum atomic E-state index is 15.3. The minimum atomic E-state index is -1.83. The summed E-state index contributed by atoms with van der Waals surface area (Å²) in [6, 6.07) is -1.28. The lowest BCUT2D eigenvalue weighted by Crippen LogP contribution is -2.68. The number of esters is 2. The molecule has 0 aromatic carbocycles. The molecule has 0 radical (unpaired) electrons. The SMILES string of the molecule is C=CCN1CC2(C)C(=O)[C@H](C)C[C@](C)(OC)[C@H](O[C@@H]3O[C@H](C)C[C@H](N(C)C)[C@H]3O)[C@@H](OC3O[C@H](C)[C@@H](O)C(C)(OC)[C@H]3O)C(=O)[C@@H](C)C(=O)O[C@H](CC)[C@@]3(C)OC(=O)C1C23. The molecule has 0 aromatic heterocycles. The largest absolute Gasteiger partial charge is 0.458 e. The quantitative estimate of drug-likeness (QED) is 0.161. The summed E-state index contributed by atoms with van der Waals surface area (Å²) in [5.74, 6) is -5.78. The third-order valence-electron chi connectivity index (χ3n) is 14.4. The lowest BCUT2D eigenvalue weighted by molar-refractivity contribution is -0.351. The van der Waals surface area contributed by atoms with Crippen LogP contribution in [0.3, 0.4) is 0 Å². The number of carbonyl (C=O) groups is 4. The van der Waals surface area contributed by atoms with Crippen LogP contribution in [0.5, 0.6) is 0 Å². The molecule has 5 aliphatic rings. The normalized spacial score (nSPS) is 48.4. The second-order valence-electron chi connectivity index (χ2n) is 18.8. The molecular weight excluding hydrogens is 784 g/mol. The van der Waals surface area contributed by atoms with E-state index >= 15 is 9.59 Å². The molecule has 3 N–H and O–H groups in total. The topological polar surface area (TPSA) is 209 Å². The molecule has 0 spiro atoms. The van der Waals surface area contributed by atoms with Crippen LogP contribution in [0.2, 0.25) is 0 Å². The van der Waals surface area contributed by atoms with Crippen LogP contribution in [0, 0.1) is 23.2 Å². The smallest absolute Gasteiger partial charge is 0.324 e. The molecule has 0 saturated carbocycles. The summed E-state index contributed by atoms with van der Waals surface area (Å²) < 4.78 is 49.7. The van der Waals surface area contributed by atoms with Gasteiger partial charge in [-0.05, 0) is 74.9 Å². The third kappa shape index (κ3) is 8.26. The Balaban J connectivity index is 1.71. The molecule has 5 unspecified atom stereocenters. The number of likely N-dealkylation sites (N-methyl/N-ethyl adjacent to an activating group) is 1. The molecule has 0 bridgehead atoms. The zero-order chi connectivity index (χ0) is 45.0. The molecule has 0 aliphatic carbocycles. The van der Waals surface area contributed by atoms with E-state index in [0.717, 1.165) is 0 Å². The number of Topliss-reactive ketones (excluding diaryl/α,β-unsaturated/α-hetero) is 2. The maximum Gasteiger partial charge on any atom is 0.324 e. The molecule has 19 atom stereocenters. The third-order valence-corrected chi connectivity index (χ3v) is 14.4. The molecule has 17 nitrogen and oxygen atoms in total. The van der Waals surface area contributed by atoms with Gasteiger partial charge in [0.1, 0.15) is 60.0 Å². The number of hydrogen-bond donors (Lipinski definition) is 3. The fourth-order valence-electron chi connectivity index (χ4n) is 10.8. The van der Waals surface area contributed by atoms with E-state index in [1.807, 2.05) is 37.7 Å².